The van der Waals surface area contributed by atoms with Crippen LogP contribution in [0.25, 0.3) is 28.3 Å². The monoisotopic (exact) mass is 473 g/mol. The summed E-state index contributed by atoms with van der Waals surface area (Å²) in [6.07, 6.45) is 19.9. The van der Waals surface area contributed by atoms with Gasteiger partial charge in [0.1, 0.15) is 0 Å². The van der Waals surface area contributed by atoms with E-state index in [9.17, 15) is 0 Å². The molecule has 0 radical (unpaired) electrons. The predicted molar refractivity (Wildman–Crippen MR) is 157 cm³/mol. The highest BCUT2D eigenvalue weighted by atomic mass is 32.1. The predicted octanol–water partition coefficient (Wildman–Crippen LogP) is 8.64. The van der Waals surface area contributed by atoms with Gasteiger partial charge in [-0.2, -0.15) is 0 Å². The standard InChI is InChI=1S/C33H31NS/c1-2-3-15-32(33(34)35)31-14-8-13-30(24-31)29-22-18-26(19-23-29)10-7-9-25-16-20-28(21-17-25)27-11-5-4-6-12-27/h2-3,5,7-9,11-24,35H,1,4,6,10,34H2/b9-7+,15-3-,33-32-. The number of allylic oxidation sites excluding steroid dienone is 9. The Labute approximate surface area is 214 Å². The van der Waals surface area contributed by atoms with Gasteiger partial charge >= 0.3 is 0 Å². The Bertz CT molecular complexity index is 1310. The van der Waals surface area contributed by atoms with Crippen LogP contribution in [0.1, 0.15) is 35.1 Å². The molecule has 0 aliphatic heterocycles. The summed E-state index contributed by atoms with van der Waals surface area (Å²) in [6, 6.07) is 25.9. The maximum atomic E-state index is 5.99. The minimum Gasteiger partial charge on any atom is -0.393 e. The van der Waals surface area contributed by atoms with E-state index in [1.807, 2.05) is 24.3 Å². The summed E-state index contributed by atoms with van der Waals surface area (Å²) in [5, 5.41) is 0.486. The summed E-state index contributed by atoms with van der Waals surface area (Å²) in [4.78, 5) is 0. The van der Waals surface area contributed by atoms with Crippen LogP contribution in [-0.2, 0) is 6.42 Å². The van der Waals surface area contributed by atoms with Crippen LogP contribution in [-0.4, -0.2) is 0 Å². The fraction of sp³-hybridized carbons (Fsp3) is 0.0909. The van der Waals surface area contributed by atoms with Crippen LogP contribution in [0.4, 0.5) is 0 Å². The van der Waals surface area contributed by atoms with E-state index in [4.69, 9.17) is 5.73 Å². The molecule has 0 saturated heterocycles. The second-order valence-corrected chi connectivity index (χ2v) is 9.02. The third-order valence-electron chi connectivity index (χ3n) is 6.04. The van der Waals surface area contributed by atoms with Crippen LogP contribution in [0.2, 0.25) is 0 Å². The van der Waals surface area contributed by atoms with Crippen LogP contribution in [0.15, 0.2) is 127 Å². The van der Waals surface area contributed by atoms with Gasteiger partial charge in [0.05, 0.1) is 5.03 Å². The van der Waals surface area contributed by atoms with E-state index < -0.39 is 0 Å². The normalized spacial score (nSPS) is 14.3. The first-order valence-corrected chi connectivity index (χ1v) is 12.4. The molecule has 1 aliphatic rings. The maximum absolute atomic E-state index is 5.99. The minimum atomic E-state index is 0.486. The van der Waals surface area contributed by atoms with E-state index in [1.54, 1.807) is 6.08 Å². The molecule has 0 bridgehead atoms. The molecule has 0 saturated carbocycles. The number of hydrogen-bond donors (Lipinski definition) is 2. The van der Waals surface area contributed by atoms with E-state index in [-0.39, 0.29) is 0 Å². The molecule has 35 heavy (non-hydrogen) atoms. The smallest absolute Gasteiger partial charge is 0.0704 e. The van der Waals surface area contributed by atoms with Gasteiger partial charge in [-0.3, -0.25) is 0 Å². The third-order valence-corrected chi connectivity index (χ3v) is 6.28. The lowest BCUT2D eigenvalue weighted by Crippen LogP contribution is -1.94. The van der Waals surface area contributed by atoms with Gasteiger partial charge in [0, 0.05) is 5.57 Å². The maximum Gasteiger partial charge on any atom is 0.0704 e. The van der Waals surface area contributed by atoms with Crippen molar-refractivity contribution in [3.63, 3.8) is 0 Å². The zero-order chi connectivity index (χ0) is 24.5. The molecule has 0 atom stereocenters. The molecule has 3 aromatic rings. The summed E-state index contributed by atoms with van der Waals surface area (Å²) in [6.45, 7) is 3.73. The highest BCUT2D eigenvalue weighted by Crippen LogP contribution is 2.27. The zero-order valence-corrected chi connectivity index (χ0v) is 20.8. The Hall–Kier alpha value is -3.75. The van der Waals surface area contributed by atoms with Crippen LogP contribution in [0.3, 0.4) is 0 Å². The summed E-state index contributed by atoms with van der Waals surface area (Å²) < 4.78 is 0. The average molecular weight is 474 g/mol. The van der Waals surface area contributed by atoms with E-state index in [1.165, 1.54) is 27.8 Å². The highest BCUT2D eigenvalue weighted by molar-refractivity contribution is 7.84. The number of rotatable bonds is 8. The van der Waals surface area contributed by atoms with Crippen molar-refractivity contribution in [2.75, 3.05) is 0 Å². The van der Waals surface area contributed by atoms with Gasteiger partial charge in [-0.25, -0.2) is 0 Å². The number of hydrogen-bond acceptors (Lipinski definition) is 2. The molecule has 1 aliphatic carbocycles. The lowest BCUT2D eigenvalue weighted by atomic mass is 9.97. The molecule has 0 aromatic heterocycles. The van der Waals surface area contributed by atoms with Crippen molar-refractivity contribution in [2.45, 2.75) is 19.3 Å². The SMILES string of the molecule is C=C/C=C\C(=C(/N)S)c1cccc(-c2ccc(C/C=C/c3ccc(C4=CCCC=C4)cc3)cc2)c1. The molecule has 2 heteroatoms. The first-order chi connectivity index (χ1) is 17.1. The number of nitrogens with two attached hydrogens (primary N) is 1. The summed E-state index contributed by atoms with van der Waals surface area (Å²) in [5.74, 6) is 0. The van der Waals surface area contributed by atoms with Crippen LogP contribution in [0, 0.1) is 0 Å². The Kier molecular flexibility index (Phi) is 8.43. The van der Waals surface area contributed by atoms with Crippen LogP contribution < -0.4 is 5.73 Å². The Morgan fingerprint density at radius 2 is 1.69 bits per heavy atom. The molecule has 0 unspecified atom stereocenters. The van der Waals surface area contributed by atoms with Gasteiger partial charge in [-0.1, -0.05) is 122 Å². The van der Waals surface area contributed by atoms with Gasteiger partial charge < -0.3 is 5.73 Å². The topological polar surface area (TPSA) is 26.0 Å². The highest BCUT2D eigenvalue weighted by Gasteiger charge is 2.05. The average Bonchev–Trinajstić information content (AvgIpc) is 2.90. The van der Waals surface area contributed by atoms with Crippen LogP contribution in [0.5, 0.6) is 0 Å². The zero-order valence-electron chi connectivity index (χ0n) is 19.9. The van der Waals surface area contributed by atoms with Crippen molar-refractivity contribution in [1.82, 2.24) is 0 Å². The Morgan fingerprint density at radius 3 is 2.37 bits per heavy atom. The van der Waals surface area contributed by atoms with Gasteiger partial charge in [0.15, 0.2) is 0 Å². The second kappa shape index (κ2) is 12.1. The van der Waals surface area contributed by atoms with E-state index >= 15 is 0 Å². The molecule has 3 aromatic carbocycles. The molecule has 2 N–H and O–H groups in total. The summed E-state index contributed by atoms with van der Waals surface area (Å²) >= 11 is 4.36. The molecule has 0 spiro atoms. The van der Waals surface area contributed by atoms with E-state index in [2.05, 4.69) is 110 Å². The molecule has 4 rings (SSSR count). The summed E-state index contributed by atoms with van der Waals surface area (Å²) in [5.41, 5.74) is 15.3. The van der Waals surface area contributed by atoms with Crippen molar-refractivity contribution < 1.29 is 0 Å². The number of thiol groups is 1. The van der Waals surface area contributed by atoms with Gasteiger partial charge in [0.25, 0.3) is 0 Å². The summed E-state index contributed by atoms with van der Waals surface area (Å²) in [7, 11) is 0. The van der Waals surface area contributed by atoms with Gasteiger partial charge in [-0.15, -0.1) is 12.6 Å². The van der Waals surface area contributed by atoms with E-state index in [0.717, 1.165) is 36.0 Å². The molecular formula is C33H31NS. The lowest BCUT2D eigenvalue weighted by Gasteiger charge is -2.09. The second-order valence-electron chi connectivity index (χ2n) is 8.54. The lowest BCUT2D eigenvalue weighted by molar-refractivity contribution is 1.04. The van der Waals surface area contributed by atoms with Crippen molar-refractivity contribution in [2.24, 2.45) is 5.73 Å². The van der Waals surface area contributed by atoms with E-state index in [0.29, 0.717) is 5.03 Å². The molecule has 1 nitrogen and oxygen atoms in total. The Morgan fingerprint density at radius 1 is 0.914 bits per heavy atom. The number of benzene rings is 3. The molecule has 0 heterocycles. The molecule has 0 amide bonds. The van der Waals surface area contributed by atoms with Crippen molar-refractivity contribution in [3.8, 4) is 11.1 Å². The first kappa shape index (κ1) is 24.4. The molecule has 174 valence electrons. The van der Waals surface area contributed by atoms with Crippen molar-refractivity contribution in [3.05, 3.63) is 149 Å². The fourth-order valence-corrected chi connectivity index (χ4v) is 4.34. The Balaban J connectivity index is 1.41. The van der Waals surface area contributed by atoms with Crippen molar-refractivity contribution >= 4 is 29.9 Å². The fourth-order valence-electron chi connectivity index (χ4n) is 4.14. The quantitative estimate of drug-likeness (QED) is 0.248. The third kappa shape index (κ3) is 6.65. The van der Waals surface area contributed by atoms with Gasteiger partial charge in [-0.05, 0) is 64.3 Å². The first-order valence-electron chi connectivity index (χ1n) is 12.0. The largest absolute Gasteiger partial charge is 0.393 e. The molecular weight excluding hydrogens is 442 g/mol. The van der Waals surface area contributed by atoms with Gasteiger partial charge in [0.2, 0.25) is 0 Å². The minimum absolute atomic E-state index is 0.486. The molecule has 0 fully saturated rings. The van der Waals surface area contributed by atoms with Crippen LogP contribution >= 0.6 is 12.6 Å². The van der Waals surface area contributed by atoms with Crippen molar-refractivity contribution in [1.29, 1.82) is 0 Å².